The van der Waals surface area contributed by atoms with Crippen LogP contribution in [0.5, 0.6) is 0 Å². The molecular weight excluding hydrogens is 250 g/mol. The lowest BCUT2D eigenvalue weighted by atomic mass is 10.1. The highest BCUT2D eigenvalue weighted by atomic mass is 16.5. The zero-order valence-corrected chi connectivity index (χ0v) is 12.3. The normalized spacial score (nSPS) is 10.9. The number of aromatic nitrogens is 2. The Kier molecular flexibility index (Phi) is 5.77. The molecule has 0 radical (unpaired) electrons. The van der Waals surface area contributed by atoms with Crippen molar-refractivity contribution >= 4 is 0 Å². The maximum absolute atomic E-state index is 5.05. The second-order valence-corrected chi connectivity index (χ2v) is 4.78. The predicted molar refractivity (Wildman–Crippen MR) is 81.1 cm³/mol. The van der Waals surface area contributed by atoms with E-state index in [2.05, 4.69) is 34.2 Å². The molecule has 2 aromatic rings. The average Bonchev–Trinajstić information content (AvgIpc) is 2.88. The number of rotatable bonds is 8. The van der Waals surface area contributed by atoms with Crippen molar-refractivity contribution in [3.05, 3.63) is 47.8 Å². The first-order valence-electron chi connectivity index (χ1n) is 7.17. The van der Waals surface area contributed by atoms with Crippen LogP contribution >= 0.6 is 0 Å². The molecule has 0 fully saturated rings. The van der Waals surface area contributed by atoms with E-state index in [1.165, 1.54) is 11.3 Å². The highest BCUT2D eigenvalue weighted by molar-refractivity contribution is 5.35. The van der Waals surface area contributed by atoms with Crippen LogP contribution in [0.2, 0.25) is 0 Å². The fourth-order valence-corrected chi connectivity index (χ4v) is 2.25. The zero-order chi connectivity index (χ0) is 14.2. The van der Waals surface area contributed by atoms with Crippen molar-refractivity contribution in [1.29, 1.82) is 0 Å². The molecule has 0 amide bonds. The summed E-state index contributed by atoms with van der Waals surface area (Å²) in [6.45, 7) is 4.63. The minimum Gasteiger partial charge on any atom is -0.383 e. The Morgan fingerprint density at radius 2 is 2.05 bits per heavy atom. The van der Waals surface area contributed by atoms with Crippen molar-refractivity contribution in [3.63, 3.8) is 0 Å². The van der Waals surface area contributed by atoms with Gasteiger partial charge in [0, 0.05) is 31.5 Å². The van der Waals surface area contributed by atoms with Gasteiger partial charge in [-0.1, -0.05) is 31.5 Å². The molecular formula is C16H23N3O. The van der Waals surface area contributed by atoms with E-state index in [0.29, 0.717) is 0 Å². The number of hydrogen-bond acceptors (Lipinski definition) is 3. The van der Waals surface area contributed by atoms with Gasteiger partial charge in [0.05, 0.1) is 18.5 Å². The van der Waals surface area contributed by atoms with Crippen LogP contribution in [0.15, 0.2) is 36.5 Å². The van der Waals surface area contributed by atoms with E-state index in [1.54, 1.807) is 7.11 Å². The minimum absolute atomic E-state index is 0.732. The van der Waals surface area contributed by atoms with Gasteiger partial charge >= 0.3 is 0 Å². The Labute approximate surface area is 120 Å². The molecule has 0 aliphatic rings. The summed E-state index contributed by atoms with van der Waals surface area (Å²) in [5.74, 6) is 0. The third kappa shape index (κ3) is 3.68. The molecule has 1 N–H and O–H groups in total. The van der Waals surface area contributed by atoms with E-state index in [1.807, 2.05) is 24.4 Å². The summed E-state index contributed by atoms with van der Waals surface area (Å²) in [5.41, 5.74) is 3.69. The van der Waals surface area contributed by atoms with Crippen LogP contribution in [0.25, 0.3) is 5.69 Å². The van der Waals surface area contributed by atoms with Crippen LogP contribution in [0.1, 0.15) is 24.6 Å². The molecule has 1 aromatic carbocycles. The molecule has 20 heavy (non-hydrogen) atoms. The third-order valence-corrected chi connectivity index (χ3v) is 3.24. The summed E-state index contributed by atoms with van der Waals surface area (Å²) in [4.78, 5) is 0. The van der Waals surface area contributed by atoms with Crippen LogP contribution < -0.4 is 5.32 Å². The molecule has 0 aliphatic carbocycles. The summed E-state index contributed by atoms with van der Waals surface area (Å²) in [5, 5.41) is 7.94. The van der Waals surface area contributed by atoms with Crippen molar-refractivity contribution in [1.82, 2.24) is 15.1 Å². The molecule has 2 rings (SSSR count). The first kappa shape index (κ1) is 14.8. The van der Waals surface area contributed by atoms with Gasteiger partial charge in [0.25, 0.3) is 0 Å². The van der Waals surface area contributed by atoms with E-state index >= 15 is 0 Å². The van der Waals surface area contributed by atoms with E-state index < -0.39 is 0 Å². The van der Waals surface area contributed by atoms with Crippen molar-refractivity contribution in [2.45, 2.75) is 26.3 Å². The number of ether oxygens (including phenoxy) is 1. The number of methoxy groups -OCH3 is 1. The summed E-state index contributed by atoms with van der Waals surface area (Å²) in [6.07, 6.45) is 4.12. The Balaban J connectivity index is 2.15. The van der Waals surface area contributed by atoms with Gasteiger partial charge in [-0.3, -0.25) is 0 Å². The summed E-state index contributed by atoms with van der Waals surface area (Å²) in [6, 6.07) is 10.3. The number of benzene rings is 1. The Morgan fingerprint density at radius 1 is 1.25 bits per heavy atom. The lowest BCUT2D eigenvalue weighted by molar-refractivity contribution is 0.199. The van der Waals surface area contributed by atoms with Gasteiger partial charge in [0.15, 0.2) is 0 Å². The standard InChI is InChI=1S/C16H23N3O/c1-3-7-16-14(12-17-10-11-20-2)13-18-19(16)15-8-5-4-6-9-15/h4-6,8-9,13,17H,3,7,10-12H2,1-2H3. The fraction of sp³-hybridized carbons (Fsp3) is 0.438. The zero-order valence-electron chi connectivity index (χ0n) is 12.3. The van der Waals surface area contributed by atoms with E-state index in [0.717, 1.165) is 38.2 Å². The second kappa shape index (κ2) is 7.82. The molecule has 108 valence electrons. The van der Waals surface area contributed by atoms with Gasteiger partial charge in [-0.15, -0.1) is 0 Å². The van der Waals surface area contributed by atoms with E-state index in [9.17, 15) is 0 Å². The van der Waals surface area contributed by atoms with Crippen LogP contribution in [0.4, 0.5) is 0 Å². The average molecular weight is 273 g/mol. The van der Waals surface area contributed by atoms with Gasteiger partial charge in [0.1, 0.15) is 0 Å². The third-order valence-electron chi connectivity index (χ3n) is 3.24. The van der Waals surface area contributed by atoms with Crippen LogP contribution in [-0.2, 0) is 17.7 Å². The van der Waals surface area contributed by atoms with Crippen LogP contribution in [0, 0.1) is 0 Å². The smallest absolute Gasteiger partial charge is 0.0648 e. The Bertz CT molecular complexity index is 508. The van der Waals surface area contributed by atoms with Gasteiger partial charge in [-0.05, 0) is 18.6 Å². The SMILES string of the molecule is CCCc1c(CNCCOC)cnn1-c1ccccc1. The van der Waals surface area contributed by atoms with Crippen molar-refractivity contribution < 1.29 is 4.74 Å². The quantitative estimate of drug-likeness (QED) is 0.751. The summed E-state index contributed by atoms with van der Waals surface area (Å²) >= 11 is 0. The molecule has 0 aliphatic heterocycles. The highest BCUT2D eigenvalue weighted by Crippen LogP contribution is 2.16. The van der Waals surface area contributed by atoms with Crippen LogP contribution in [0.3, 0.4) is 0 Å². The predicted octanol–water partition coefficient (Wildman–Crippen LogP) is 2.56. The highest BCUT2D eigenvalue weighted by Gasteiger charge is 2.10. The molecule has 4 nitrogen and oxygen atoms in total. The number of nitrogens with one attached hydrogen (secondary N) is 1. The van der Waals surface area contributed by atoms with Gasteiger partial charge in [-0.2, -0.15) is 5.10 Å². The van der Waals surface area contributed by atoms with E-state index in [4.69, 9.17) is 4.74 Å². The van der Waals surface area contributed by atoms with Gasteiger partial charge < -0.3 is 10.1 Å². The molecule has 0 bridgehead atoms. The molecule has 0 unspecified atom stereocenters. The maximum atomic E-state index is 5.05. The van der Waals surface area contributed by atoms with E-state index in [-0.39, 0.29) is 0 Å². The second-order valence-electron chi connectivity index (χ2n) is 4.78. The monoisotopic (exact) mass is 273 g/mol. The van der Waals surface area contributed by atoms with Gasteiger partial charge in [-0.25, -0.2) is 4.68 Å². The molecule has 1 aromatic heterocycles. The Hall–Kier alpha value is -1.65. The van der Waals surface area contributed by atoms with Crippen molar-refractivity contribution in [2.75, 3.05) is 20.3 Å². The topological polar surface area (TPSA) is 39.1 Å². The number of nitrogens with zero attached hydrogens (tertiary/aromatic N) is 2. The van der Waals surface area contributed by atoms with Crippen molar-refractivity contribution in [2.24, 2.45) is 0 Å². The van der Waals surface area contributed by atoms with Gasteiger partial charge in [0.2, 0.25) is 0 Å². The molecule has 4 heteroatoms. The lowest BCUT2D eigenvalue weighted by Gasteiger charge is -2.09. The van der Waals surface area contributed by atoms with Crippen LogP contribution in [-0.4, -0.2) is 30.0 Å². The first-order valence-corrected chi connectivity index (χ1v) is 7.17. The molecule has 0 saturated carbocycles. The largest absolute Gasteiger partial charge is 0.383 e. The minimum atomic E-state index is 0.732. The summed E-state index contributed by atoms with van der Waals surface area (Å²) < 4.78 is 7.10. The fourth-order valence-electron chi connectivity index (χ4n) is 2.25. The number of para-hydroxylation sites is 1. The molecule has 0 spiro atoms. The summed E-state index contributed by atoms with van der Waals surface area (Å²) in [7, 11) is 1.72. The lowest BCUT2D eigenvalue weighted by Crippen LogP contribution is -2.19. The Morgan fingerprint density at radius 3 is 2.75 bits per heavy atom. The first-order chi connectivity index (χ1) is 9.86. The molecule has 1 heterocycles. The number of hydrogen-bond donors (Lipinski definition) is 1. The molecule has 0 atom stereocenters. The van der Waals surface area contributed by atoms with Crippen molar-refractivity contribution in [3.8, 4) is 5.69 Å². The molecule has 0 saturated heterocycles. The maximum Gasteiger partial charge on any atom is 0.0648 e.